The van der Waals surface area contributed by atoms with Crippen LogP contribution in [0, 0.1) is 12.7 Å². The highest BCUT2D eigenvalue weighted by atomic mass is 19.1. The summed E-state index contributed by atoms with van der Waals surface area (Å²) in [7, 11) is 3.22. The summed E-state index contributed by atoms with van der Waals surface area (Å²) in [5.74, 6) is -0.789. The number of hydrogen-bond acceptors (Lipinski definition) is 4. The van der Waals surface area contributed by atoms with Crippen LogP contribution < -0.4 is 5.32 Å². The van der Waals surface area contributed by atoms with Crippen molar-refractivity contribution < 1.29 is 19.0 Å². The first-order chi connectivity index (χ1) is 9.85. The Kier molecular flexibility index (Phi) is 6.74. The summed E-state index contributed by atoms with van der Waals surface area (Å²) in [5.41, 5.74) is 0.946. The van der Waals surface area contributed by atoms with Crippen LogP contribution in [0.25, 0.3) is 0 Å². The number of hydrogen-bond donors (Lipinski definition) is 2. The smallest absolute Gasteiger partial charge is 0.241 e. The van der Waals surface area contributed by atoms with Crippen molar-refractivity contribution in [1.29, 1.82) is 0 Å². The minimum Gasteiger partial charge on any atom is -0.389 e. The standard InChI is InChI=1S/C15H23FN2O3/c1-10-5-6-14(13(16)7-10)17-15(20)11(2)18(3)8-12(19)9-21-4/h5-7,11-12,19H,8-9H2,1-4H3,(H,17,20)/t11-,12-/m1/s1. The number of nitrogens with one attached hydrogen (secondary N) is 1. The Hall–Kier alpha value is -1.50. The van der Waals surface area contributed by atoms with Crippen molar-refractivity contribution in [2.75, 3.05) is 32.6 Å². The van der Waals surface area contributed by atoms with Crippen LogP contribution >= 0.6 is 0 Å². The van der Waals surface area contributed by atoms with Crippen molar-refractivity contribution in [1.82, 2.24) is 4.90 Å². The molecule has 21 heavy (non-hydrogen) atoms. The van der Waals surface area contributed by atoms with E-state index < -0.39 is 18.0 Å². The zero-order chi connectivity index (χ0) is 16.0. The van der Waals surface area contributed by atoms with Gasteiger partial charge in [0.15, 0.2) is 0 Å². The maximum atomic E-state index is 13.7. The number of ether oxygens (including phenoxy) is 1. The van der Waals surface area contributed by atoms with Crippen LogP contribution in [0.15, 0.2) is 18.2 Å². The van der Waals surface area contributed by atoms with Gasteiger partial charge in [-0.1, -0.05) is 6.07 Å². The lowest BCUT2D eigenvalue weighted by atomic mass is 10.2. The minimum atomic E-state index is -0.675. The fourth-order valence-corrected chi connectivity index (χ4v) is 1.89. The van der Waals surface area contributed by atoms with Gasteiger partial charge in [-0.05, 0) is 38.6 Å². The first kappa shape index (κ1) is 17.6. The van der Waals surface area contributed by atoms with E-state index in [2.05, 4.69) is 5.32 Å². The number of benzene rings is 1. The Morgan fingerprint density at radius 2 is 2.19 bits per heavy atom. The molecular weight excluding hydrogens is 275 g/mol. The number of amides is 1. The molecule has 5 nitrogen and oxygen atoms in total. The van der Waals surface area contributed by atoms with Crippen LogP contribution in [0.3, 0.4) is 0 Å². The number of nitrogens with zero attached hydrogens (tertiary/aromatic N) is 1. The topological polar surface area (TPSA) is 61.8 Å². The Morgan fingerprint density at radius 3 is 2.76 bits per heavy atom. The predicted molar refractivity (Wildman–Crippen MR) is 79.7 cm³/mol. The molecular formula is C15H23FN2O3. The van der Waals surface area contributed by atoms with Gasteiger partial charge in [0.05, 0.1) is 24.4 Å². The summed E-state index contributed by atoms with van der Waals surface area (Å²) in [5, 5.41) is 12.2. The molecule has 0 heterocycles. The summed E-state index contributed by atoms with van der Waals surface area (Å²) in [4.78, 5) is 13.8. The van der Waals surface area contributed by atoms with Crippen LogP contribution in [0.2, 0.25) is 0 Å². The van der Waals surface area contributed by atoms with Crippen LogP contribution in [0.4, 0.5) is 10.1 Å². The number of rotatable bonds is 7. The van der Waals surface area contributed by atoms with Gasteiger partial charge < -0.3 is 15.2 Å². The molecule has 0 aliphatic carbocycles. The number of aliphatic hydroxyl groups excluding tert-OH is 1. The van der Waals surface area contributed by atoms with Crippen LogP contribution in [-0.4, -0.2) is 55.4 Å². The highest BCUT2D eigenvalue weighted by molar-refractivity contribution is 5.94. The second-order valence-corrected chi connectivity index (χ2v) is 5.20. The van der Waals surface area contributed by atoms with Gasteiger partial charge in [-0.25, -0.2) is 4.39 Å². The van der Waals surface area contributed by atoms with E-state index in [1.807, 2.05) is 0 Å². The van der Waals surface area contributed by atoms with E-state index in [0.717, 1.165) is 5.56 Å². The van der Waals surface area contributed by atoms with Gasteiger partial charge in [0, 0.05) is 13.7 Å². The number of aliphatic hydroxyl groups is 1. The molecule has 1 aromatic rings. The van der Waals surface area contributed by atoms with Crippen LogP contribution in [-0.2, 0) is 9.53 Å². The molecule has 2 N–H and O–H groups in total. The lowest BCUT2D eigenvalue weighted by Crippen LogP contribution is -2.44. The van der Waals surface area contributed by atoms with E-state index in [4.69, 9.17) is 4.74 Å². The fourth-order valence-electron chi connectivity index (χ4n) is 1.89. The SMILES string of the molecule is COC[C@H](O)CN(C)[C@H](C)C(=O)Nc1ccc(C)cc1F. The summed E-state index contributed by atoms with van der Waals surface area (Å²) in [6, 6.07) is 4.13. The number of likely N-dealkylation sites (N-methyl/N-ethyl adjacent to an activating group) is 1. The largest absolute Gasteiger partial charge is 0.389 e. The molecule has 0 fully saturated rings. The molecule has 0 saturated carbocycles. The number of halogens is 1. The molecule has 1 rings (SSSR count). The van der Waals surface area contributed by atoms with Crippen molar-refractivity contribution in [3.8, 4) is 0 Å². The van der Waals surface area contributed by atoms with Gasteiger partial charge >= 0.3 is 0 Å². The molecule has 2 atom stereocenters. The molecule has 0 unspecified atom stereocenters. The Balaban J connectivity index is 2.61. The second-order valence-electron chi connectivity index (χ2n) is 5.20. The van der Waals surface area contributed by atoms with E-state index in [-0.39, 0.29) is 18.2 Å². The molecule has 0 radical (unpaired) electrons. The zero-order valence-corrected chi connectivity index (χ0v) is 12.9. The maximum Gasteiger partial charge on any atom is 0.241 e. The lowest BCUT2D eigenvalue weighted by Gasteiger charge is -2.26. The first-order valence-electron chi connectivity index (χ1n) is 6.79. The first-order valence-corrected chi connectivity index (χ1v) is 6.79. The Bertz CT molecular complexity index is 482. The third kappa shape index (κ3) is 5.41. The van der Waals surface area contributed by atoms with Gasteiger partial charge in [0.1, 0.15) is 5.82 Å². The molecule has 0 bridgehead atoms. The summed E-state index contributed by atoms with van der Waals surface area (Å²) in [6.07, 6.45) is -0.675. The number of methoxy groups -OCH3 is 1. The zero-order valence-electron chi connectivity index (χ0n) is 12.9. The third-order valence-corrected chi connectivity index (χ3v) is 3.28. The molecule has 0 spiro atoms. The lowest BCUT2D eigenvalue weighted by molar-refractivity contribution is -0.120. The van der Waals surface area contributed by atoms with Gasteiger partial charge in [-0.15, -0.1) is 0 Å². The van der Waals surface area contributed by atoms with E-state index in [1.165, 1.54) is 19.2 Å². The van der Waals surface area contributed by atoms with Gasteiger partial charge in [-0.2, -0.15) is 0 Å². The monoisotopic (exact) mass is 298 g/mol. The van der Waals surface area contributed by atoms with Crippen molar-refractivity contribution in [2.45, 2.75) is 26.0 Å². The van der Waals surface area contributed by atoms with Crippen molar-refractivity contribution >= 4 is 11.6 Å². The number of anilines is 1. The molecule has 1 amide bonds. The van der Waals surface area contributed by atoms with Crippen molar-refractivity contribution in [3.05, 3.63) is 29.6 Å². The third-order valence-electron chi connectivity index (χ3n) is 3.28. The maximum absolute atomic E-state index is 13.7. The number of carbonyl (C=O) groups is 1. The average Bonchev–Trinajstić information content (AvgIpc) is 2.41. The van der Waals surface area contributed by atoms with Crippen LogP contribution in [0.5, 0.6) is 0 Å². The van der Waals surface area contributed by atoms with Crippen LogP contribution in [0.1, 0.15) is 12.5 Å². The fraction of sp³-hybridized carbons (Fsp3) is 0.533. The number of carbonyl (C=O) groups excluding carboxylic acids is 1. The molecule has 0 aromatic heterocycles. The van der Waals surface area contributed by atoms with Gasteiger partial charge in [-0.3, -0.25) is 9.69 Å². The highest BCUT2D eigenvalue weighted by Gasteiger charge is 2.21. The van der Waals surface area contributed by atoms with Gasteiger partial charge in [0.2, 0.25) is 5.91 Å². The second kappa shape index (κ2) is 8.07. The van der Waals surface area contributed by atoms with Crippen molar-refractivity contribution in [3.63, 3.8) is 0 Å². The Morgan fingerprint density at radius 1 is 1.52 bits per heavy atom. The van der Waals surface area contributed by atoms with Crippen molar-refractivity contribution in [2.24, 2.45) is 0 Å². The molecule has 0 aliphatic rings. The quantitative estimate of drug-likeness (QED) is 0.799. The highest BCUT2D eigenvalue weighted by Crippen LogP contribution is 2.16. The molecule has 6 heteroatoms. The molecule has 118 valence electrons. The van der Waals surface area contributed by atoms with E-state index in [1.54, 1.807) is 31.9 Å². The Labute approximate surface area is 124 Å². The molecule has 0 saturated heterocycles. The van der Waals surface area contributed by atoms with E-state index >= 15 is 0 Å². The summed E-state index contributed by atoms with van der Waals surface area (Å²) >= 11 is 0. The molecule has 1 aromatic carbocycles. The van der Waals surface area contributed by atoms with E-state index in [9.17, 15) is 14.3 Å². The van der Waals surface area contributed by atoms with Gasteiger partial charge in [0.25, 0.3) is 0 Å². The van der Waals surface area contributed by atoms with E-state index in [0.29, 0.717) is 6.54 Å². The predicted octanol–water partition coefficient (Wildman–Crippen LogP) is 1.40. The summed E-state index contributed by atoms with van der Waals surface area (Å²) < 4.78 is 18.5. The summed E-state index contributed by atoms with van der Waals surface area (Å²) in [6.45, 7) is 3.97. The minimum absolute atomic E-state index is 0.156. The average molecular weight is 298 g/mol. The number of aryl methyl sites for hydroxylation is 1. The normalized spacial score (nSPS) is 14.0. The molecule has 0 aliphatic heterocycles.